The van der Waals surface area contributed by atoms with Gasteiger partial charge in [-0.2, -0.15) is 0 Å². The fraction of sp³-hybridized carbons (Fsp3) is 0.562. The summed E-state index contributed by atoms with van der Waals surface area (Å²) in [5, 5.41) is 3.79. The van der Waals surface area contributed by atoms with Crippen molar-refractivity contribution >= 4 is 17.6 Å². The van der Waals surface area contributed by atoms with E-state index in [1.54, 1.807) is 0 Å². The van der Waals surface area contributed by atoms with Crippen LogP contribution in [0.4, 0.5) is 4.79 Å². The average molecular weight is 310 g/mol. The lowest BCUT2D eigenvalue weighted by atomic mass is 10.2. The number of carbonyl (C=O) groups excluding carboxylic acids is 1. The number of hydrogen-bond acceptors (Lipinski definition) is 2. The Labute approximate surface area is 132 Å². The number of piperazine rings is 1. The van der Waals surface area contributed by atoms with E-state index in [-0.39, 0.29) is 12.1 Å². The molecule has 1 unspecified atom stereocenters. The lowest BCUT2D eigenvalue weighted by molar-refractivity contribution is 0.133. The van der Waals surface area contributed by atoms with Gasteiger partial charge in [0.15, 0.2) is 0 Å². The van der Waals surface area contributed by atoms with Gasteiger partial charge in [-0.3, -0.25) is 4.90 Å². The topological polar surface area (TPSA) is 35.6 Å². The summed E-state index contributed by atoms with van der Waals surface area (Å²) in [6.07, 6.45) is 0.961. The van der Waals surface area contributed by atoms with E-state index in [4.69, 9.17) is 11.6 Å². The van der Waals surface area contributed by atoms with Crippen molar-refractivity contribution in [1.29, 1.82) is 0 Å². The van der Waals surface area contributed by atoms with Crippen LogP contribution < -0.4 is 5.32 Å². The Bertz CT molecular complexity index is 455. The number of nitrogens with zero attached hydrogens (tertiary/aromatic N) is 2. The van der Waals surface area contributed by atoms with E-state index in [1.165, 1.54) is 5.56 Å². The highest BCUT2D eigenvalue weighted by Gasteiger charge is 2.21. The predicted molar refractivity (Wildman–Crippen MR) is 86.6 cm³/mol. The molecule has 2 rings (SSSR count). The van der Waals surface area contributed by atoms with Gasteiger partial charge in [-0.1, -0.05) is 30.7 Å². The monoisotopic (exact) mass is 309 g/mol. The number of halogens is 1. The van der Waals surface area contributed by atoms with E-state index < -0.39 is 0 Å². The molecule has 0 aliphatic carbocycles. The maximum absolute atomic E-state index is 12.1. The summed E-state index contributed by atoms with van der Waals surface area (Å²) in [6, 6.07) is 8.27. The number of amides is 2. The van der Waals surface area contributed by atoms with Crippen LogP contribution in [0.15, 0.2) is 24.3 Å². The zero-order valence-electron chi connectivity index (χ0n) is 12.8. The first-order valence-electron chi connectivity index (χ1n) is 7.60. The fourth-order valence-corrected chi connectivity index (χ4v) is 2.49. The number of benzene rings is 1. The van der Waals surface area contributed by atoms with Gasteiger partial charge in [-0.25, -0.2) is 4.79 Å². The minimum absolute atomic E-state index is 0.0653. The van der Waals surface area contributed by atoms with E-state index in [0.717, 1.165) is 44.2 Å². The second-order valence-electron chi connectivity index (χ2n) is 5.65. The van der Waals surface area contributed by atoms with E-state index in [0.29, 0.717) is 0 Å². The van der Waals surface area contributed by atoms with Crippen LogP contribution in [0.25, 0.3) is 0 Å². The number of hydrogen-bond donors (Lipinski definition) is 1. The number of rotatable bonds is 4. The highest BCUT2D eigenvalue weighted by molar-refractivity contribution is 6.30. The molecule has 0 radical (unpaired) electrons. The Morgan fingerprint density at radius 1 is 1.24 bits per heavy atom. The summed E-state index contributed by atoms with van der Waals surface area (Å²) >= 11 is 5.90. The Balaban J connectivity index is 1.77. The van der Waals surface area contributed by atoms with Gasteiger partial charge in [0.2, 0.25) is 0 Å². The minimum Gasteiger partial charge on any atom is -0.336 e. The van der Waals surface area contributed by atoms with Gasteiger partial charge >= 0.3 is 6.03 Å². The number of urea groups is 1. The molecule has 21 heavy (non-hydrogen) atoms. The highest BCUT2D eigenvalue weighted by Crippen LogP contribution is 2.13. The molecule has 5 heteroatoms. The molecule has 4 nitrogen and oxygen atoms in total. The minimum atomic E-state index is 0.0653. The first kappa shape index (κ1) is 16.1. The van der Waals surface area contributed by atoms with Gasteiger partial charge in [0.05, 0.1) is 0 Å². The van der Waals surface area contributed by atoms with Crippen LogP contribution in [-0.2, 0) is 6.54 Å². The summed E-state index contributed by atoms with van der Waals surface area (Å²) in [5.41, 5.74) is 1.26. The molecular weight excluding hydrogens is 286 g/mol. The van der Waals surface area contributed by atoms with Crippen molar-refractivity contribution in [2.45, 2.75) is 32.9 Å². The first-order chi connectivity index (χ1) is 10.1. The molecule has 0 saturated carbocycles. The van der Waals surface area contributed by atoms with Crippen LogP contribution in [0.5, 0.6) is 0 Å². The van der Waals surface area contributed by atoms with Gasteiger partial charge < -0.3 is 10.2 Å². The van der Waals surface area contributed by atoms with Crippen molar-refractivity contribution in [2.75, 3.05) is 26.2 Å². The Morgan fingerprint density at radius 3 is 2.43 bits per heavy atom. The largest absolute Gasteiger partial charge is 0.336 e. The van der Waals surface area contributed by atoms with Crippen molar-refractivity contribution in [1.82, 2.24) is 15.1 Å². The van der Waals surface area contributed by atoms with Crippen LogP contribution >= 0.6 is 11.6 Å². The quantitative estimate of drug-likeness (QED) is 0.928. The van der Waals surface area contributed by atoms with Crippen LogP contribution in [0.1, 0.15) is 25.8 Å². The summed E-state index contributed by atoms with van der Waals surface area (Å²) in [6.45, 7) is 8.43. The molecule has 1 saturated heterocycles. The second-order valence-corrected chi connectivity index (χ2v) is 6.08. The summed E-state index contributed by atoms with van der Waals surface area (Å²) < 4.78 is 0. The van der Waals surface area contributed by atoms with Gasteiger partial charge in [0.1, 0.15) is 0 Å². The van der Waals surface area contributed by atoms with E-state index >= 15 is 0 Å². The Morgan fingerprint density at radius 2 is 1.86 bits per heavy atom. The predicted octanol–water partition coefficient (Wildman–Crippen LogP) is 2.97. The van der Waals surface area contributed by atoms with Crippen molar-refractivity contribution in [3.05, 3.63) is 34.9 Å². The molecule has 1 aromatic rings. The zero-order chi connectivity index (χ0) is 15.2. The third kappa shape index (κ3) is 4.90. The van der Waals surface area contributed by atoms with Crippen LogP contribution in [0.2, 0.25) is 5.02 Å². The third-order valence-corrected chi connectivity index (χ3v) is 4.21. The molecule has 0 bridgehead atoms. The second kappa shape index (κ2) is 7.66. The molecule has 1 aliphatic heterocycles. The maximum atomic E-state index is 12.1. The van der Waals surface area contributed by atoms with Gasteiger partial charge in [0.25, 0.3) is 0 Å². The average Bonchev–Trinajstić information content (AvgIpc) is 2.50. The lowest BCUT2D eigenvalue weighted by Crippen LogP contribution is -2.52. The fourth-order valence-electron chi connectivity index (χ4n) is 2.36. The van der Waals surface area contributed by atoms with Crippen LogP contribution in [0.3, 0.4) is 0 Å². The summed E-state index contributed by atoms with van der Waals surface area (Å²) in [4.78, 5) is 16.3. The Kier molecular flexibility index (Phi) is 5.88. The molecule has 1 N–H and O–H groups in total. The van der Waals surface area contributed by atoms with Crippen molar-refractivity contribution < 1.29 is 4.79 Å². The molecule has 0 aromatic heterocycles. The standard InChI is InChI=1S/C16H24ClN3O/c1-3-13(2)18-16(21)20-10-8-19(9-11-20)12-14-4-6-15(17)7-5-14/h4-7,13H,3,8-12H2,1-2H3,(H,18,21). The molecule has 1 fully saturated rings. The summed E-state index contributed by atoms with van der Waals surface area (Å²) in [7, 11) is 0. The molecule has 1 heterocycles. The van der Waals surface area contributed by atoms with E-state index in [1.807, 2.05) is 24.0 Å². The zero-order valence-corrected chi connectivity index (χ0v) is 13.6. The third-order valence-electron chi connectivity index (χ3n) is 3.96. The number of carbonyl (C=O) groups is 1. The lowest BCUT2D eigenvalue weighted by Gasteiger charge is -2.35. The molecule has 1 aliphatic rings. The van der Waals surface area contributed by atoms with Crippen LogP contribution in [0, 0.1) is 0 Å². The summed E-state index contributed by atoms with van der Waals surface area (Å²) in [5.74, 6) is 0. The van der Waals surface area contributed by atoms with Crippen LogP contribution in [-0.4, -0.2) is 48.1 Å². The first-order valence-corrected chi connectivity index (χ1v) is 7.98. The molecule has 116 valence electrons. The van der Waals surface area contributed by atoms with Crippen molar-refractivity contribution in [3.63, 3.8) is 0 Å². The molecule has 0 spiro atoms. The Hall–Kier alpha value is -1.26. The SMILES string of the molecule is CCC(C)NC(=O)N1CCN(Cc2ccc(Cl)cc2)CC1. The van der Waals surface area contributed by atoms with Crippen molar-refractivity contribution in [2.24, 2.45) is 0 Å². The van der Waals surface area contributed by atoms with Crippen molar-refractivity contribution in [3.8, 4) is 0 Å². The molecule has 2 amide bonds. The molecule has 1 atom stereocenters. The number of nitrogens with one attached hydrogen (secondary N) is 1. The van der Waals surface area contributed by atoms with Gasteiger partial charge in [0, 0.05) is 43.8 Å². The van der Waals surface area contributed by atoms with Gasteiger partial charge in [-0.15, -0.1) is 0 Å². The van der Waals surface area contributed by atoms with Gasteiger partial charge in [-0.05, 0) is 31.0 Å². The smallest absolute Gasteiger partial charge is 0.317 e. The maximum Gasteiger partial charge on any atom is 0.317 e. The van der Waals surface area contributed by atoms with E-state index in [9.17, 15) is 4.79 Å². The van der Waals surface area contributed by atoms with E-state index in [2.05, 4.69) is 29.3 Å². The molecular formula is C16H24ClN3O. The highest BCUT2D eigenvalue weighted by atomic mass is 35.5. The normalized spacial score (nSPS) is 17.6. The molecule has 1 aromatic carbocycles.